The summed E-state index contributed by atoms with van der Waals surface area (Å²) in [5.74, 6) is -2.66. The molecule has 0 radical (unpaired) electrons. The number of ketones is 1. The van der Waals surface area contributed by atoms with Crippen molar-refractivity contribution in [3.8, 4) is 0 Å². The number of fused-ring (bicyclic) bond motifs is 1. The number of carbonyl (C=O) groups is 2. The molecule has 2 saturated heterocycles. The molecule has 0 amide bonds. The van der Waals surface area contributed by atoms with E-state index in [-0.39, 0.29) is 24.7 Å². The minimum Gasteiger partial charge on any atom is -0.462 e. The number of rotatable bonds is 12. The largest absolute Gasteiger partial charge is 0.462 e. The van der Waals surface area contributed by atoms with Crippen LogP contribution in [0.15, 0.2) is 48.1 Å². The molecule has 0 saturated carbocycles. The van der Waals surface area contributed by atoms with Crippen molar-refractivity contribution in [3.05, 3.63) is 59.2 Å². The fourth-order valence-electron chi connectivity index (χ4n) is 9.60. The zero-order chi connectivity index (χ0) is 45.4. The average Bonchev–Trinajstić information content (AvgIpc) is 3.66. The van der Waals surface area contributed by atoms with Crippen LogP contribution in [-0.2, 0) is 55.8 Å². The molecule has 1 aromatic rings. The molecule has 4 aliphatic heterocycles. The van der Waals surface area contributed by atoms with Gasteiger partial charge >= 0.3 is 5.97 Å². The highest BCUT2D eigenvalue weighted by atomic mass is 16.7. The number of aliphatic hydroxyl groups is 4. The van der Waals surface area contributed by atoms with Crippen LogP contribution < -0.4 is 0 Å². The van der Waals surface area contributed by atoms with Crippen molar-refractivity contribution in [1.29, 1.82) is 0 Å². The molecule has 0 aliphatic carbocycles. The Hall–Kier alpha value is -2.64. The van der Waals surface area contributed by atoms with E-state index in [9.17, 15) is 30.0 Å². The summed E-state index contributed by atoms with van der Waals surface area (Å²) in [4.78, 5) is 32.0. The van der Waals surface area contributed by atoms with E-state index in [1.165, 1.54) is 25.3 Å². The quantitative estimate of drug-likeness (QED) is 0.224. The van der Waals surface area contributed by atoms with Crippen LogP contribution in [0.25, 0.3) is 0 Å². The number of esters is 1. The van der Waals surface area contributed by atoms with Gasteiger partial charge in [-0.3, -0.25) is 14.5 Å². The first-order valence-corrected chi connectivity index (χ1v) is 22.4. The fraction of sp³-hybridized carbons (Fsp3) is 0.745. The van der Waals surface area contributed by atoms with E-state index < -0.39 is 103 Å². The molecule has 2 fully saturated rings. The molecule has 15 nitrogen and oxygen atoms in total. The highest BCUT2D eigenvalue weighted by molar-refractivity contribution is 5.91. The van der Waals surface area contributed by atoms with Crippen molar-refractivity contribution < 1.29 is 63.2 Å². The number of methoxy groups -OCH3 is 2. The minimum absolute atomic E-state index is 0.0362. The van der Waals surface area contributed by atoms with Gasteiger partial charge in [-0.25, -0.2) is 0 Å². The third-order valence-corrected chi connectivity index (χ3v) is 13.4. The predicted octanol–water partition coefficient (Wildman–Crippen LogP) is 3.38. The van der Waals surface area contributed by atoms with Crippen LogP contribution in [-0.4, -0.2) is 163 Å². The van der Waals surface area contributed by atoms with Gasteiger partial charge in [0, 0.05) is 45.1 Å². The SMILES string of the molecule is CC[C@H]1OC(=O)C[C@@H](O)[C@H](C)[C@@H](O[C@@H]2O[C@H](C)[C@@H](O)[C@H](N(C)C)[C@H]2O)[C@@H](CCN2Cc3ccccc3C2)C[C@@H](C)C(=O)/C=C\C(C)=C/[C@@H]1CO[C@@H]1O[C@H](C)[C@@H](O)[C@@H](OC)[C@H]1OC. The number of carbonyl (C=O) groups excluding carboxylic acids is 2. The number of allylic oxidation sites excluding steroid dienone is 3. The first-order valence-electron chi connectivity index (χ1n) is 22.4. The smallest absolute Gasteiger partial charge is 0.308 e. The van der Waals surface area contributed by atoms with Crippen LogP contribution in [0.1, 0.15) is 78.4 Å². The standard InChI is InChI=1S/C47H74N2O13/c1-11-37-34(25-58-47-45(57-10)44(56-9)41(54)30(6)60-47)20-26(2)16-17-35(50)27(3)21-31(18-19-49-23-32-14-12-13-15-33(32)24-49)43(28(4)36(51)22-38(52)61-37)62-46-42(55)39(48(7)8)40(53)29(5)59-46/h12-17,20,27-31,34,36-37,39-47,51,53-55H,11,18-19,21-25H2,1-10H3/b17-16-,26-20-/t27-,28+,29-,30-,31+,34-,36-,37-,39+,40-,41-,42-,43-,44-,45-,46+,47-/m1/s1. The second-order valence-corrected chi connectivity index (χ2v) is 18.2. The Morgan fingerprint density at radius 2 is 1.47 bits per heavy atom. The third kappa shape index (κ3) is 12.4. The van der Waals surface area contributed by atoms with Crippen LogP contribution in [0.2, 0.25) is 0 Å². The number of hydrogen-bond acceptors (Lipinski definition) is 15. The fourth-order valence-corrected chi connectivity index (χ4v) is 9.60. The lowest BCUT2D eigenvalue weighted by atomic mass is 9.79. The zero-order valence-corrected chi connectivity index (χ0v) is 38.4. The van der Waals surface area contributed by atoms with Gasteiger partial charge in [0.2, 0.25) is 0 Å². The molecular formula is C47H74N2O13. The average molecular weight is 875 g/mol. The molecule has 4 N–H and O–H groups in total. The molecule has 4 aliphatic rings. The number of aliphatic hydroxyl groups excluding tert-OH is 4. The summed E-state index contributed by atoms with van der Waals surface area (Å²) in [5, 5.41) is 45.3. The van der Waals surface area contributed by atoms with Gasteiger partial charge in [0.15, 0.2) is 18.4 Å². The molecule has 62 heavy (non-hydrogen) atoms. The van der Waals surface area contributed by atoms with Crippen LogP contribution >= 0.6 is 0 Å². The lowest BCUT2D eigenvalue weighted by molar-refractivity contribution is -0.304. The summed E-state index contributed by atoms with van der Waals surface area (Å²) in [6.45, 7) is 13.2. The molecule has 0 unspecified atom stereocenters. The lowest BCUT2D eigenvalue weighted by Crippen LogP contribution is -2.63. The molecule has 0 bridgehead atoms. The van der Waals surface area contributed by atoms with Crippen LogP contribution in [0, 0.1) is 23.7 Å². The molecule has 4 heterocycles. The van der Waals surface area contributed by atoms with Crippen LogP contribution in [0.4, 0.5) is 0 Å². The Morgan fingerprint density at radius 3 is 2.08 bits per heavy atom. The van der Waals surface area contributed by atoms with Gasteiger partial charge in [0.1, 0.15) is 30.5 Å². The number of benzene rings is 1. The Balaban J connectivity index is 1.45. The molecule has 350 valence electrons. The number of nitrogens with zero attached hydrogens (tertiary/aromatic N) is 2. The zero-order valence-electron chi connectivity index (χ0n) is 38.4. The van der Waals surface area contributed by atoms with Crippen molar-refractivity contribution in [2.45, 2.75) is 160 Å². The normalized spacial score (nSPS) is 40.8. The van der Waals surface area contributed by atoms with E-state index in [0.29, 0.717) is 25.8 Å². The summed E-state index contributed by atoms with van der Waals surface area (Å²) in [5.41, 5.74) is 3.30. The Morgan fingerprint density at radius 1 is 0.839 bits per heavy atom. The first-order chi connectivity index (χ1) is 29.5. The summed E-state index contributed by atoms with van der Waals surface area (Å²) in [7, 11) is 6.52. The Bertz CT molecular complexity index is 1630. The van der Waals surface area contributed by atoms with Gasteiger partial charge < -0.3 is 58.5 Å². The molecular weight excluding hydrogens is 801 g/mol. The minimum atomic E-state index is -1.24. The van der Waals surface area contributed by atoms with E-state index >= 15 is 0 Å². The van der Waals surface area contributed by atoms with Gasteiger partial charge in [0.25, 0.3) is 0 Å². The molecule has 1 aromatic carbocycles. The number of cyclic esters (lactones) is 1. The summed E-state index contributed by atoms with van der Waals surface area (Å²) in [6, 6.07) is 7.66. The Kier molecular flexibility index (Phi) is 18.7. The maximum atomic E-state index is 14.0. The van der Waals surface area contributed by atoms with Gasteiger partial charge in [-0.15, -0.1) is 0 Å². The van der Waals surface area contributed by atoms with Crippen molar-refractivity contribution in [3.63, 3.8) is 0 Å². The second kappa shape index (κ2) is 23.0. The first kappa shape index (κ1) is 50.4. The summed E-state index contributed by atoms with van der Waals surface area (Å²) in [6.07, 6.45) is -4.38. The third-order valence-electron chi connectivity index (χ3n) is 13.4. The highest BCUT2D eigenvalue weighted by Crippen LogP contribution is 2.36. The van der Waals surface area contributed by atoms with Crippen molar-refractivity contribution in [1.82, 2.24) is 9.80 Å². The Labute approximate surface area is 368 Å². The molecule has 5 rings (SSSR count). The second-order valence-electron chi connectivity index (χ2n) is 18.2. The maximum Gasteiger partial charge on any atom is 0.308 e. The van der Waals surface area contributed by atoms with Crippen molar-refractivity contribution in [2.24, 2.45) is 23.7 Å². The summed E-state index contributed by atoms with van der Waals surface area (Å²) >= 11 is 0. The number of likely N-dealkylation sites (N-methyl/N-ethyl adjacent to an activating group) is 1. The van der Waals surface area contributed by atoms with Gasteiger partial charge in [-0.05, 0) is 83.8 Å². The van der Waals surface area contributed by atoms with E-state index in [1.54, 1.807) is 45.0 Å². The maximum absolute atomic E-state index is 14.0. The van der Waals surface area contributed by atoms with Crippen LogP contribution in [0.3, 0.4) is 0 Å². The predicted molar refractivity (Wildman–Crippen MR) is 230 cm³/mol. The number of hydrogen-bond donors (Lipinski definition) is 4. The van der Waals surface area contributed by atoms with E-state index in [0.717, 1.165) is 18.7 Å². The topological polar surface area (TPSA) is 186 Å². The monoisotopic (exact) mass is 875 g/mol. The van der Waals surface area contributed by atoms with Gasteiger partial charge in [-0.2, -0.15) is 0 Å². The van der Waals surface area contributed by atoms with E-state index in [1.807, 2.05) is 45.9 Å². The van der Waals surface area contributed by atoms with E-state index in [2.05, 4.69) is 17.0 Å². The van der Waals surface area contributed by atoms with Gasteiger partial charge in [0.05, 0.1) is 49.6 Å². The number of ether oxygens (including phenoxy) is 7. The highest BCUT2D eigenvalue weighted by Gasteiger charge is 2.48. The molecule has 17 atom stereocenters. The molecule has 0 spiro atoms. The van der Waals surface area contributed by atoms with E-state index in [4.69, 9.17) is 33.2 Å². The van der Waals surface area contributed by atoms with Crippen LogP contribution in [0.5, 0.6) is 0 Å². The van der Waals surface area contributed by atoms with Gasteiger partial charge in [-0.1, -0.05) is 62.8 Å². The molecule has 0 aromatic heterocycles. The summed E-state index contributed by atoms with van der Waals surface area (Å²) < 4.78 is 42.6. The van der Waals surface area contributed by atoms with Crippen molar-refractivity contribution >= 4 is 11.8 Å². The molecule has 15 heteroatoms. The van der Waals surface area contributed by atoms with Crippen molar-refractivity contribution in [2.75, 3.05) is 41.5 Å². The lowest BCUT2D eigenvalue weighted by Gasteiger charge is -2.46.